The molecule has 1 aliphatic heterocycles. The summed E-state index contributed by atoms with van der Waals surface area (Å²) >= 11 is 0. The van der Waals surface area contributed by atoms with Gasteiger partial charge in [0.2, 0.25) is 0 Å². The molecule has 5 rings (SSSR count). The van der Waals surface area contributed by atoms with Crippen LogP contribution in [0.25, 0.3) is 5.69 Å². The number of benzene rings is 1. The van der Waals surface area contributed by atoms with Crippen molar-refractivity contribution in [3.8, 4) is 5.69 Å². The number of hydrogen-bond acceptors (Lipinski definition) is 5. The molecule has 2 aliphatic rings. The molecule has 166 valence electrons. The van der Waals surface area contributed by atoms with E-state index in [1.54, 1.807) is 10.9 Å². The smallest absolute Gasteiger partial charge is 0.268 e. The predicted octanol–water partition coefficient (Wildman–Crippen LogP) is 1.68. The Kier molecular flexibility index (Phi) is 5.61. The Morgan fingerprint density at radius 2 is 1.91 bits per heavy atom. The van der Waals surface area contributed by atoms with Gasteiger partial charge < -0.3 is 4.90 Å². The molecule has 8 heteroatoms. The Morgan fingerprint density at radius 3 is 2.69 bits per heavy atom. The van der Waals surface area contributed by atoms with Gasteiger partial charge in [0.15, 0.2) is 0 Å². The quantitative estimate of drug-likeness (QED) is 0.613. The second-order valence-electron chi connectivity index (χ2n) is 8.61. The van der Waals surface area contributed by atoms with Gasteiger partial charge in [-0.25, -0.2) is 4.98 Å². The first-order valence-electron chi connectivity index (χ1n) is 11.3. The molecule has 1 fully saturated rings. The van der Waals surface area contributed by atoms with Crippen molar-refractivity contribution >= 4 is 5.91 Å². The number of rotatable bonds is 5. The number of carbonyl (C=O) groups is 1. The molecular weight excluding hydrogens is 404 g/mol. The summed E-state index contributed by atoms with van der Waals surface area (Å²) in [4.78, 5) is 34.9. The van der Waals surface area contributed by atoms with Crippen LogP contribution in [0.1, 0.15) is 33.5 Å². The van der Waals surface area contributed by atoms with Crippen molar-refractivity contribution in [1.29, 1.82) is 0 Å². The lowest BCUT2D eigenvalue weighted by Crippen LogP contribution is -2.50. The van der Waals surface area contributed by atoms with Crippen molar-refractivity contribution in [3.05, 3.63) is 75.7 Å². The lowest BCUT2D eigenvalue weighted by atomic mass is 10.1. The van der Waals surface area contributed by atoms with Crippen molar-refractivity contribution in [1.82, 2.24) is 29.1 Å². The average molecular weight is 433 g/mol. The summed E-state index contributed by atoms with van der Waals surface area (Å²) in [6.07, 6.45) is 8.20. The van der Waals surface area contributed by atoms with Gasteiger partial charge in [0.25, 0.3) is 11.5 Å². The number of pyridine rings is 1. The minimum atomic E-state index is -0.219. The molecule has 0 atom stereocenters. The van der Waals surface area contributed by atoms with Crippen LogP contribution >= 0.6 is 0 Å². The zero-order valence-electron chi connectivity index (χ0n) is 18.4. The second kappa shape index (κ2) is 8.70. The van der Waals surface area contributed by atoms with Crippen LogP contribution in [-0.2, 0) is 19.4 Å². The molecule has 1 amide bonds. The topological polar surface area (TPSA) is 76.3 Å². The van der Waals surface area contributed by atoms with Crippen molar-refractivity contribution in [3.63, 3.8) is 0 Å². The Balaban J connectivity index is 1.33. The molecule has 0 N–H and O–H groups in total. The van der Waals surface area contributed by atoms with Crippen LogP contribution in [0.3, 0.4) is 0 Å². The highest BCUT2D eigenvalue weighted by Crippen LogP contribution is 2.27. The van der Waals surface area contributed by atoms with Crippen molar-refractivity contribution < 1.29 is 4.79 Å². The van der Waals surface area contributed by atoms with Crippen molar-refractivity contribution in [2.24, 2.45) is 0 Å². The standard InChI is InChI=1S/C24H28N6O2/c1-18-8-9-30(21-7-3-5-19-4-2-6-20(19)21)24(32)22(18)23(31)28-13-10-27(11-14-28)12-15-29-17-25-16-26-29/h3,5,7-9,16-17H,2,4,6,10-15H2,1H3. The maximum atomic E-state index is 13.5. The Bertz CT molecular complexity index is 1180. The van der Waals surface area contributed by atoms with Gasteiger partial charge in [0.1, 0.15) is 18.2 Å². The van der Waals surface area contributed by atoms with Gasteiger partial charge in [-0.15, -0.1) is 0 Å². The number of hydrogen-bond donors (Lipinski definition) is 0. The summed E-state index contributed by atoms with van der Waals surface area (Å²) in [7, 11) is 0. The van der Waals surface area contributed by atoms with E-state index in [1.165, 1.54) is 17.5 Å². The third-order valence-corrected chi connectivity index (χ3v) is 6.67. The second-order valence-corrected chi connectivity index (χ2v) is 8.61. The number of amides is 1. The summed E-state index contributed by atoms with van der Waals surface area (Å²) in [6.45, 7) is 6.29. The summed E-state index contributed by atoms with van der Waals surface area (Å²) < 4.78 is 3.48. The summed E-state index contributed by atoms with van der Waals surface area (Å²) in [6, 6.07) is 8.02. The SMILES string of the molecule is Cc1ccn(-c2cccc3c2CCC3)c(=O)c1C(=O)N1CCN(CCn2cncn2)CC1. The molecule has 1 aromatic carbocycles. The summed E-state index contributed by atoms with van der Waals surface area (Å²) in [5.41, 5.74) is 4.26. The maximum Gasteiger partial charge on any atom is 0.268 e. The molecule has 0 unspecified atom stereocenters. The van der Waals surface area contributed by atoms with E-state index in [0.717, 1.165) is 56.7 Å². The van der Waals surface area contributed by atoms with E-state index in [-0.39, 0.29) is 11.5 Å². The van der Waals surface area contributed by atoms with Gasteiger partial charge in [0.05, 0.1) is 12.2 Å². The Hall–Kier alpha value is -3.26. The van der Waals surface area contributed by atoms with Gasteiger partial charge in [-0.3, -0.25) is 23.7 Å². The van der Waals surface area contributed by atoms with E-state index >= 15 is 0 Å². The summed E-state index contributed by atoms with van der Waals surface area (Å²) in [5, 5.41) is 4.13. The van der Waals surface area contributed by atoms with Crippen LogP contribution in [0.15, 0.2) is 47.9 Å². The van der Waals surface area contributed by atoms with Gasteiger partial charge in [-0.2, -0.15) is 5.10 Å². The Labute approximate surface area is 187 Å². The zero-order valence-corrected chi connectivity index (χ0v) is 18.4. The van der Waals surface area contributed by atoms with Crippen LogP contribution in [0.4, 0.5) is 0 Å². The van der Waals surface area contributed by atoms with Gasteiger partial charge in [-0.05, 0) is 55.0 Å². The largest absolute Gasteiger partial charge is 0.336 e. The van der Waals surface area contributed by atoms with Crippen molar-refractivity contribution in [2.75, 3.05) is 32.7 Å². The maximum absolute atomic E-state index is 13.5. The molecule has 0 saturated carbocycles. The molecule has 3 heterocycles. The highest BCUT2D eigenvalue weighted by molar-refractivity contribution is 5.95. The first-order chi connectivity index (χ1) is 15.6. The molecule has 2 aromatic heterocycles. The fourth-order valence-electron chi connectivity index (χ4n) is 4.83. The lowest BCUT2D eigenvalue weighted by Gasteiger charge is -2.34. The molecule has 8 nitrogen and oxygen atoms in total. The van der Waals surface area contributed by atoms with E-state index in [4.69, 9.17) is 0 Å². The number of aromatic nitrogens is 4. The monoisotopic (exact) mass is 432 g/mol. The van der Waals surface area contributed by atoms with Crippen LogP contribution in [0, 0.1) is 6.92 Å². The molecule has 0 radical (unpaired) electrons. The molecule has 0 spiro atoms. The van der Waals surface area contributed by atoms with Crippen molar-refractivity contribution in [2.45, 2.75) is 32.7 Å². The predicted molar refractivity (Wildman–Crippen MR) is 121 cm³/mol. The number of fused-ring (bicyclic) bond motifs is 1. The fourth-order valence-corrected chi connectivity index (χ4v) is 4.83. The van der Waals surface area contributed by atoms with Crippen LogP contribution in [-0.4, -0.2) is 67.8 Å². The number of aryl methyl sites for hydroxylation is 2. The zero-order chi connectivity index (χ0) is 22.1. The number of nitrogens with zero attached hydrogens (tertiary/aromatic N) is 6. The molecule has 0 bridgehead atoms. The molecular formula is C24H28N6O2. The van der Waals surface area contributed by atoms with Gasteiger partial charge >= 0.3 is 0 Å². The van der Waals surface area contributed by atoms with Crippen LogP contribution in [0.5, 0.6) is 0 Å². The highest BCUT2D eigenvalue weighted by atomic mass is 16.2. The van der Waals surface area contributed by atoms with Gasteiger partial charge in [-0.1, -0.05) is 12.1 Å². The van der Waals surface area contributed by atoms with E-state index < -0.39 is 0 Å². The molecule has 3 aromatic rings. The van der Waals surface area contributed by atoms with E-state index in [2.05, 4.69) is 21.0 Å². The molecule has 1 aliphatic carbocycles. The molecule has 32 heavy (non-hydrogen) atoms. The lowest BCUT2D eigenvalue weighted by molar-refractivity contribution is 0.0629. The number of carbonyl (C=O) groups excluding carboxylic acids is 1. The van der Waals surface area contributed by atoms with E-state index in [9.17, 15) is 9.59 Å². The number of piperazine rings is 1. The normalized spacial score (nSPS) is 16.3. The first-order valence-corrected chi connectivity index (χ1v) is 11.3. The van der Waals surface area contributed by atoms with Crippen LogP contribution in [0.2, 0.25) is 0 Å². The third-order valence-electron chi connectivity index (χ3n) is 6.67. The third kappa shape index (κ3) is 3.86. The minimum absolute atomic E-state index is 0.162. The first kappa shape index (κ1) is 20.6. The van der Waals surface area contributed by atoms with Crippen LogP contribution < -0.4 is 5.56 Å². The average Bonchev–Trinajstić information content (AvgIpc) is 3.50. The van der Waals surface area contributed by atoms with E-state index in [0.29, 0.717) is 18.7 Å². The fraction of sp³-hybridized carbons (Fsp3) is 0.417. The highest BCUT2D eigenvalue weighted by Gasteiger charge is 2.26. The van der Waals surface area contributed by atoms with E-state index in [1.807, 2.05) is 40.9 Å². The minimum Gasteiger partial charge on any atom is -0.336 e. The van der Waals surface area contributed by atoms with Gasteiger partial charge in [0, 0.05) is 38.9 Å². The Morgan fingerprint density at radius 1 is 1.06 bits per heavy atom. The summed E-state index contributed by atoms with van der Waals surface area (Å²) in [5.74, 6) is -0.162. The molecule has 1 saturated heterocycles.